The topological polar surface area (TPSA) is 57.8 Å². The van der Waals surface area contributed by atoms with Crippen molar-refractivity contribution in [3.63, 3.8) is 0 Å². The summed E-state index contributed by atoms with van der Waals surface area (Å²) in [5, 5.41) is 3.86. The first-order valence-electron chi connectivity index (χ1n) is 9.51. The summed E-state index contributed by atoms with van der Waals surface area (Å²) in [6.45, 7) is 8.23. The van der Waals surface area contributed by atoms with Crippen LogP contribution >= 0.6 is 11.8 Å². The Bertz CT molecular complexity index is 950. The molecule has 3 aromatic rings. The summed E-state index contributed by atoms with van der Waals surface area (Å²) in [4.78, 5) is 20.3. The Hall–Kier alpha value is -2.53. The zero-order chi connectivity index (χ0) is 20.1. The van der Waals surface area contributed by atoms with E-state index in [0.29, 0.717) is 5.75 Å². The molecule has 5 heteroatoms. The van der Waals surface area contributed by atoms with Crippen LogP contribution in [0.15, 0.2) is 53.7 Å². The summed E-state index contributed by atoms with van der Waals surface area (Å²) in [5.41, 5.74) is 6.93. The molecule has 0 saturated carbocycles. The zero-order valence-corrected chi connectivity index (χ0v) is 17.7. The second-order valence-electron chi connectivity index (χ2n) is 7.20. The average Bonchev–Trinajstić information content (AvgIpc) is 3.02. The quantitative estimate of drug-likeness (QED) is 0.562. The van der Waals surface area contributed by atoms with Gasteiger partial charge in [-0.2, -0.15) is 0 Å². The summed E-state index contributed by atoms with van der Waals surface area (Å²) in [6, 6.07) is 16.6. The van der Waals surface area contributed by atoms with Crippen molar-refractivity contribution < 1.29 is 4.79 Å². The Balaban J connectivity index is 1.54. The highest BCUT2D eigenvalue weighted by atomic mass is 32.2. The molecule has 0 fully saturated rings. The third-order valence-electron chi connectivity index (χ3n) is 4.93. The number of hydrogen-bond acceptors (Lipinski definition) is 3. The molecule has 4 nitrogen and oxygen atoms in total. The molecule has 0 saturated heterocycles. The monoisotopic (exact) mass is 393 g/mol. The van der Waals surface area contributed by atoms with E-state index in [-0.39, 0.29) is 11.9 Å². The molecular weight excluding hydrogens is 366 g/mol. The zero-order valence-electron chi connectivity index (χ0n) is 16.9. The first-order valence-corrected chi connectivity index (χ1v) is 10.5. The highest BCUT2D eigenvalue weighted by molar-refractivity contribution is 7.99. The lowest BCUT2D eigenvalue weighted by Crippen LogP contribution is -2.28. The molecule has 1 atom stereocenters. The summed E-state index contributed by atoms with van der Waals surface area (Å²) in [5.74, 6) is 0.349. The third-order valence-corrected chi connectivity index (χ3v) is 5.80. The van der Waals surface area contributed by atoms with Gasteiger partial charge in [-0.05, 0) is 49.9 Å². The lowest BCUT2D eigenvalue weighted by molar-refractivity contribution is -0.119. The number of aromatic nitrogens is 2. The Labute approximate surface area is 171 Å². The van der Waals surface area contributed by atoms with Gasteiger partial charge < -0.3 is 10.3 Å². The lowest BCUT2D eigenvalue weighted by Gasteiger charge is -2.15. The number of carbonyl (C=O) groups is 1. The Morgan fingerprint density at radius 2 is 1.86 bits per heavy atom. The van der Waals surface area contributed by atoms with E-state index < -0.39 is 0 Å². The highest BCUT2D eigenvalue weighted by Crippen LogP contribution is 2.20. The maximum absolute atomic E-state index is 12.4. The van der Waals surface area contributed by atoms with Crippen LogP contribution in [0.4, 0.5) is 0 Å². The number of aromatic amines is 1. The van der Waals surface area contributed by atoms with Crippen LogP contribution in [0.3, 0.4) is 0 Å². The molecule has 0 aliphatic heterocycles. The SMILES string of the molecule is Cc1ccc([C@@H](C)NC(=O)CSc2nc(Cc3ccccc3)c(C)[nH]2)cc1C. The number of amides is 1. The fourth-order valence-corrected chi connectivity index (χ4v) is 3.78. The normalized spacial score (nSPS) is 12.0. The number of hydrogen-bond donors (Lipinski definition) is 2. The van der Waals surface area contributed by atoms with E-state index in [1.807, 2.05) is 32.0 Å². The number of nitrogens with zero attached hydrogens (tertiary/aromatic N) is 1. The first-order chi connectivity index (χ1) is 13.4. The van der Waals surface area contributed by atoms with Crippen molar-refractivity contribution in [2.45, 2.75) is 45.3 Å². The predicted molar refractivity (Wildman–Crippen MR) is 116 cm³/mol. The minimum absolute atomic E-state index is 0.00869. The standard InChI is InChI=1S/C23H27N3OS/c1-15-10-11-20(12-16(15)2)17(3)24-22(27)14-28-23-25-18(4)21(26-23)13-19-8-6-5-7-9-19/h5-12,17H,13-14H2,1-4H3,(H,24,27)(H,25,26)/t17-/m1/s1. The smallest absolute Gasteiger partial charge is 0.230 e. The van der Waals surface area contributed by atoms with E-state index in [9.17, 15) is 4.79 Å². The van der Waals surface area contributed by atoms with Gasteiger partial charge in [0.1, 0.15) is 0 Å². The molecule has 146 valence electrons. The maximum Gasteiger partial charge on any atom is 0.230 e. The minimum atomic E-state index is -0.0145. The van der Waals surface area contributed by atoms with Crippen molar-refractivity contribution in [3.8, 4) is 0 Å². The molecule has 1 aromatic heterocycles. The van der Waals surface area contributed by atoms with Gasteiger partial charge in [-0.25, -0.2) is 4.98 Å². The van der Waals surface area contributed by atoms with E-state index in [1.165, 1.54) is 28.5 Å². The van der Waals surface area contributed by atoms with Gasteiger partial charge in [0.15, 0.2) is 5.16 Å². The molecule has 0 aliphatic rings. The molecule has 0 aliphatic carbocycles. The molecule has 1 amide bonds. The van der Waals surface area contributed by atoms with Crippen LogP contribution in [0.2, 0.25) is 0 Å². The van der Waals surface area contributed by atoms with Crippen LogP contribution in [0.1, 0.15) is 46.6 Å². The number of benzene rings is 2. The van der Waals surface area contributed by atoms with E-state index in [4.69, 9.17) is 0 Å². The van der Waals surface area contributed by atoms with Crippen molar-refractivity contribution >= 4 is 17.7 Å². The number of nitrogens with one attached hydrogen (secondary N) is 2. The molecule has 3 rings (SSSR count). The van der Waals surface area contributed by atoms with Crippen LogP contribution in [0.5, 0.6) is 0 Å². The minimum Gasteiger partial charge on any atom is -0.349 e. The van der Waals surface area contributed by atoms with Crippen molar-refractivity contribution in [1.82, 2.24) is 15.3 Å². The lowest BCUT2D eigenvalue weighted by atomic mass is 10.0. The Kier molecular flexibility index (Phi) is 6.57. The number of thioether (sulfide) groups is 1. The van der Waals surface area contributed by atoms with E-state index >= 15 is 0 Å². The van der Waals surface area contributed by atoms with Crippen molar-refractivity contribution in [1.29, 1.82) is 0 Å². The van der Waals surface area contributed by atoms with Gasteiger partial charge in [-0.1, -0.05) is 60.3 Å². The molecule has 0 spiro atoms. The van der Waals surface area contributed by atoms with Crippen LogP contribution in [-0.4, -0.2) is 21.6 Å². The molecule has 2 N–H and O–H groups in total. The summed E-state index contributed by atoms with van der Waals surface area (Å²) >= 11 is 1.44. The molecule has 0 bridgehead atoms. The number of carbonyl (C=O) groups excluding carboxylic acids is 1. The fourth-order valence-electron chi connectivity index (χ4n) is 3.03. The molecule has 0 unspecified atom stereocenters. The third kappa shape index (κ3) is 5.26. The van der Waals surface area contributed by atoms with E-state index in [0.717, 1.165) is 28.5 Å². The molecule has 0 radical (unpaired) electrons. The van der Waals surface area contributed by atoms with Gasteiger partial charge >= 0.3 is 0 Å². The van der Waals surface area contributed by atoms with Gasteiger partial charge in [-0.3, -0.25) is 4.79 Å². The van der Waals surface area contributed by atoms with Gasteiger partial charge in [0.2, 0.25) is 5.91 Å². The highest BCUT2D eigenvalue weighted by Gasteiger charge is 2.13. The molecule has 28 heavy (non-hydrogen) atoms. The van der Waals surface area contributed by atoms with E-state index in [1.54, 1.807) is 0 Å². The van der Waals surface area contributed by atoms with Crippen molar-refractivity contribution in [2.75, 3.05) is 5.75 Å². The number of aryl methyl sites for hydroxylation is 3. The summed E-state index contributed by atoms with van der Waals surface area (Å²) in [7, 11) is 0. The summed E-state index contributed by atoms with van der Waals surface area (Å²) in [6.07, 6.45) is 0.791. The molecular formula is C23H27N3OS. The number of H-pyrrole nitrogens is 1. The Morgan fingerprint density at radius 3 is 2.57 bits per heavy atom. The van der Waals surface area contributed by atoms with E-state index in [2.05, 4.69) is 59.5 Å². The Morgan fingerprint density at radius 1 is 1.11 bits per heavy atom. The molecule has 1 heterocycles. The van der Waals surface area contributed by atoms with Crippen LogP contribution < -0.4 is 5.32 Å². The predicted octanol–water partition coefficient (Wildman–Crippen LogP) is 4.90. The number of imidazole rings is 1. The maximum atomic E-state index is 12.4. The van der Waals surface area contributed by atoms with Crippen LogP contribution in [-0.2, 0) is 11.2 Å². The largest absolute Gasteiger partial charge is 0.349 e. The van der Waals surface area contributed by atoms with Gasteiger partial charge in [0.25, 0.3) is 0 Å². The fraction of sp³-hybridized carbons (Fsp3) is 0.304. The van der Waals surface area contributed by atoms with Gasteiger partial charge in [0, 0.05) is 12.1 Å². The number of rotatable bonds is 7. The van der Waals surface area contributed by atoms with Crippen LogP contribution in [0.25, 0.3) is 0 Å². The van der Waals surface area contributed by atoms with Crippen molar-refractivity contribution in [2.24, 2.45) is 0 Å². The van der Waals surface area contributed by atoms with Crippen LogP contribution in [0, 0.1) is 20.8 Å². The van der Waals surface area contributed by atoms with Gasteiger partial charge in [-0.15, -0.1) is 0 Å². The molecule has 2 aromatic carbocycles. The van der Waals surface area contributed by atoms with Crippen molar-refractivity contribution in [3.05, 3.63) is 82.2 Å². The van der Waals surface area contributed by atoms with Gasteiger partial charge in [0.05, 0.1) is 17.5 Å². The summed E-state index contributed by atoms with van der Waals surface area (Å²) < 4.78 is 0. The second-order valence-corrected chi connectivity index (χ2v) is 8.16. The first kappa shape index (κ1) is 20.2. The second kappa shape index (κ2) is 9.11. The average molecular weight is 394 g/mol.